The van der Waals surface area contributed by atoms with E-state index in [4.69, 9.17) is 4.74 Å². The van der Waals surface area contributed by atoms with E-state index in [-0.39, 0.29) is 17.6 Å². The van der Waals surface area contributed by atoms with Crippen LogP contribution in [0.1, 0.15) is 24.2 Å². The van der Waals surface area contributed by atoms with Crippen LogP contribution in [-0.4, -0.2) is 22.1 Å². The first-order valence-electron chi connectivity index (χ1n) is 7.75. The lowest BCUT2D eigenvalue weighted by atomic mass is 10.0. The van der Waals surface area contributed by atoms with Gasteiger partial charge in [0.1, 0.15) is 5.56 Å². The Balaban J connectivity index is 2.49. The van der Waals surface area contributed by atoms with Gasteiger partial charge in [0.25, 0.3) is 0 Å². The van der Waals surface area contributed by atoms with Gasteiger partial charge in [-0.2, -0.15) is 0 Å². The normalized spacial score (nSPS) is 11.0. The van der Waals surface area contributed by atoms with Gasteiger partial charge in [0.05, 0.1) is 23.5 Å². The maximum Gasteiger partial charge on any atom is 0.344 e. The minimum Gasteiger partial charge on any atom is -0.462 e. The fourth-order valence-electron chi connectivity index (χ4n) is 2.90. The number of H-pyrrole nitrogens is 1. The zero-order valence-electron chi connectivity index (χ0n) is 13.4. The van der Waals surface area contributed by atoms with Crippen LogP contribution in [0.25, 0.3) is 22.3 Å². The monoisotopic (exact) mass is 388 g/mol. The zero-order chi connectivity index (χ0) is 17.3. The molecule has 0 amide bonds. The van der Waals surface area contributed by atoms with E-state index < -0.39 is 5.97 Å². The van der Waals surface area contributed by atoms with Crippen LogP contribution in [0.3, 0.4) is 0 Å². The van der Waals surface area contributed by atoms with Gasteiger partial charge in [0.15, 0.2) is 0 Å². The van der Waals surface area contributed by atoms with E-state index in [9.17, 15) is 9.59 Å². The molecule has 0 aliphatic rings. The summed E-state index contributed by atoms with van der Waals surface area (Å²) in [5, 5.41) is 0.499. The number of aromatic nitrogens is 2. The van der Waals surface area contributed by atoms with Gasteiger partial charge in [0, 0.05) is 22.6 Å². The number of fused-ring (bicyclic) bond motifs is 1. The molecule has 1 N–H and O–H groups in total. The molecule has 6 heteroatoms. The Morgan fingerprint density at radius 1 is 1.29 bits per heavy atom. The number of nitrogens with one attached hydrogen (secondary N) is 1. The molecule has 0 saturated heterocycles. The summed E-state index contributed by atoms with van der Waals surface area (Å²) in [4.78, 5) is 28.6. The van der Waals surface area contributed by atoms with E-state index in [2.05, 4.69) is 20.9 Å². The van der Waals surface area contributed by atoms with Crippen LogP contribution in [-0.2, 0) is 11.3 Å². The highest BCUT2D eigenvalue weighted by Crippen LogP contribution is 2.27. The van der Waals surface area contributed by atoms with Crippen LogP contribution in [0, 0.1) is 0 Å². The molecule has 24 heavy (non-hydrogen) atoms. The van der Waals surface area contributed by atoms with Crippen molar-refractivity contribution in [3.05, 3.63) is 56.8 Å². The van der Waals surface area contributed by atoms with Gasteiger partial charge in [-0.1, -0.05) is 15.9 Å². The molecular formula is C18H17BrN2O3. The van der Waals surface area contributed by atoms with Gasteiger partial charge in [-0.05, 0) is 44.2 Å². The van der Waals surface area contributed by atoms with Gasteiger partial charge in [0.2, 0.25) is 5.43 Å². The number of rotatable bonds is 4. The summed E-state index contributed by atoms with van der Waals surface area (Å²) in [6.07, 6.45) is 1.76. The van der Waals surface area contributed by atoms with Crippen molar-refractivity contribution in [1.29, 1.82) is 0 Å². The lowest BCUT2D eigenvalue weighted by Crippen LogP contribution is -2.24. The van der Waals surface area contributed by atoms with Gasteiger partial charge < -0.3 is 14.3 Å². The summed E-state index contributed by atoms with van der Waals surface area (Å²) in [5.41, 5.74) is 1.78. The number of pyridine rings is 1. The number of hydrogen-bond acceptors (Lipinski definition) is 3. The molecule has 0 atom stereocenters. The zero-order valence-corrected chi connectivity index (χ0v) is 15.0. The predicted octanol–water partition coefficient (Wildman–Crippen LogP) is 3.96. The van der Waals surface area contributed by atoms with E-state index in [0.29, 0.717) is 23.3 Å². The number of esters is 1. The number of ether oxygens (including phenoxy) is 1. The van der Waals surface area contributed by atoms with E-state index in [1.54, 1.807) is 25.3 Å². The molecule has 124 valence electrons. The Morgan fingerprint density at radius 2 is 2.08 bits per heavy atom. The van der Waals surface area contributed by atoms with E-state index in [0.717, 1.165) is 9.99 Å². The molecule has 0 fully saturated rings. The maximum absolute atomic E-state index is 13.0. The summed E-state index contributed by atoms with van der Waals surface area (Å²) in [6, 6.07) is 9.09. The molecule has 0 radical (unpaired) electrons. The van der Waals surface area contributed by atoms with Crippen LogP contribution in [0.5, 0.6) is 0 Å². The highest BCUT2D eigenvalue weighted by Gasteiger charge is 2.24. The average molecular weight is 389 g/mol. The summed E-state index contributed by atoms with van der Waals surface area (Å²) < 4.78 is 7.98. The molecule has 2 aromatic heterocycles. The average Bonchev–Trinajstić information content (AvgIpc) is 3.08. The third-order valence-electron chi connectivity index (χ3n) is 3.88. The molecule has 0 unspecified atom stereocenters. The second-order valence-corrected chi connectivity index (χ2v) is 6.18. The van der Waals surface area contributed by atoms with Gasteiger partial charge in [-0.25, -0.2) is 4.79 Å². The number of benzene rings is 1. The molecule has 0 spiro atoms. The number of halogens is 1. The number of hydrogen-bond donors (Lipinski definition) is 1. The van der Waals surface area contributed by atoms with Crippen molar-refractivity contribution in [2.75, 3.05) is 6.61 Å². The van der Waals surface area contributed by atoms with Crippen molar-refractivity contribution in [2.45, 2.75) is 20.4 Å². The number of nitrogens with zero attached hydrogens (tertiary/aromatic N) is 1. The van der Waals surface area contributed by atoms with Crippen LogP contribution < -0.4 is 5.43 Å². The molecule has 2 heterocycles. The van der Waals surface area contributed by atoms with Crippen LogP contribution in [0.4, 0.5) is 0 Å². The van der Waals surface area contributed by atoms with Crippen molar-refractivity contribution in [3.63, 3.8) is 0 Å². The number of aryl methyl sites for hydroxylation is 1. The number of carbonyl (C=O) groups is 1. The quantitative estimate of drug-likeness (QED) is 0.688. The molecular weight excluding hydrogens is 372 g/mol. The SMILES string of the molecule is CCOC(=O)c1c(-c2ccc[nH]2)n(CC)c2cc(Br)ccc2c1=O. The van der Waals surface area contributed by atoms with Crippen molar-refractivity contribution < 1.29 is 9.53 Å². The first-order chi connectivity index (χ1) is 11.6. The summed E-state index contributed by atoms with van der Waals surface area (Å²) in [6.45, 7) is 4.52. The fourth-order valence-corrected chi connectivity index (χ4v) is 3.25. The highest BCUT2D eigenvalue weighted by atomic mass is 79.9. The smallest absolute Gasteiger partial charge is 0.344 e. The van der Waals surface area contributed by atoms with Crippen molar-refractivity contribution in [2.24, 2.45) is 0 Å². The second-order valence-electron chi connectivity index (χ2n) is 5.26. The van der Waals surface area contributed by atoms with Gasteiger partial charge >= 0.3 is 5.97 Å². The maximum atomic E-state index is 13.0. The minimum absolute atomic E-state index is 0.0657. The number of carbonyl (C=O) groups excluding carboxylic acids is 1. The topological polar surface area (TPSA) is 64.1 Å². The number of aromatic amines is 1. The van der Waals surface area contributed by atoms with Crippen LogP contribution in [0.15, 0.2) is 45.8 Å². The van der Waals surface area contributed by atoms with E-state index >= 15 is 0 Å². The highest BCUT2D eigenvalue weighted by molar-refractivity contribution is 9.10. The van der Waals surface area contributed by atoms with Crippen molar-refractivity contribution >= 4 is 32.8 Å². The second kappa shape index (κ2) is 6.65. The summed E-state index contributed by atoms with van der Waals surface area (Å²) in [5.74, 6) is -0.598. The lowest BCUT2D eigenvalue weighted by Gasteiger charge is -2.18. The Bertz CT molecular complexity index is 959. The molecule has 5 nitrogen and oxygen atoms in total. The Morgan fingerprint density at radius 3 is 2.71 bits per heavy atom. The van der Waals surface area contributed by atoms with Gasteiger partial charge in [-0.15, -0.1) is 0 Å². The standard InChI is InChI=1S/C18H17BrN2O3/c1-3-21-14-10-11(19)7-8-12(14)17(22)15(18(23)24-4-2)16(21)13-6-5-9-20-13/h5-10,20H,3-4H2,1-2H3. The molecule has 3 aromatic rings. The predicted molar refractivity (Wildman–Crippen MR) is 97.3 cm³/mol. The van der Waals surface area contributed by atoms with E-state index in [1.165, 1.54) is 0 Å². The first-order valence-corrected chi connectivity index (χ1v) is 8.54. The van der Waals surface area contributed by atoms with Gasteiger partial charge in [-0.3, -0.25) is 4.79 Å². The Hall–Kier alpha value is -2.34. The molecule has 0 bridgehead atoms. The summed E-state index contributed by atoms with van der Waals surface area (Å²) in [7, 11) is 0. The third kappa shape index (κ3) is 2.67. The first kappa shape index (κ1) is 16.5. The Labute approximate surface area is 147 Å². The lowest BCUT2D eigenvalue weighted by molar-refractivity contribution is 0.0525. The molecule has 3 rings (SSSR count). The third-order valence-corrected chi connectivity index (χ3v) is 4.37. The fraction of sp³-hybridized carbons (Fsp3) is 0.222. The molecule has 0 aliphatic carbocycles. The van der Waals surface area contributed by atoms with Crippen LogP contribution >= 0.6 is 15.9 Å². The van der Waals surface area contributed by atoms with E-state index in [1.807, 2.05) is 29.7 Å². The minimum atomic E-state index is -0.598. The largest absolute Gasteiger partial charge is 0.462 e. The van der Waals surface area contributed by atoms with Crippen molar-refractivity contribution in [1.82, 2.24) is 9.55 Å². The summed E-state index contributed by atoms with van der Waals surface area (Å²) >= 11 is 3.45. The molecule has 1 aromatic carbocycles. The molecule has 0 saturated carbocycles. The Kier molecular flexibility index (Phi) is 4.57. The van der Waals surface area contributed by atoms with Crippen molar-refractivity contribution in [3.8, 4) is 11.4 Å². The molecule has 0 aliphatic heterocycles. The van der Waals surface area contributed by atoms with Crippen LogP contribution in [0.2, 0.25) is 0 Å².